The van der Waals surface area contributed by atoms with E-state index in [-0.39, 0.29) is 11.9 Å². The molecule has 2 heterocycles. The fourth-order valence-electron chi connectivity index (χ4n) is 3.77. The van der Waals surface area contributed by atoms with Gasteiger partial charge in [-0.05, 0) is 29.5 Å². The Morgan fingerprint density at radius 3 is 2.70 bits per heavy atom. The molecule has 1 N–H and O–H groups in total. The number of nitrogens with zero attached hydrogens (tertiary/aromatic N) is 3. The van der Waals surface area contributed by atoms with Crippen molar-refractivity contribution in [2.45, 2.75) is 39.9 Å². The molecule has 0 bridgehead atoms. The number of carbonyl (C=O) groups is 1. The molecule has 0 radical (unpaired) electrons. The zero-order valence-electron chi connectivity index (χ0n) is 16.5. The summed E-state index contributed by atoms with van der Waals surface area (Å²) in [7, 11) is 0. The molecule has 2 aromatic rings. The number of nitrogens with one attached hydrogen (secondary N) is 1. The van der Waals surface area contributed by atoms with Gasteiger partial charge in [0.15, 0.2) is 0 Å². The van der Waals surface area contributed by atoms with Gasteiger partial charge in [-0.3, -0.25) is 9.69 Å². The lowest BCUT2D eigenvalue weighted by Crippen LogP contribution is -2.40. The zero-order chi connectivity index (χ0) is 19.2. The van der Waals surface area contributed by atoms with Gasteiger partial charge in [-0.25, -0.2) is 4.98 Å². The predicted octanol–water partition coefficient (Wildman–Crippen LogP) is 2.55. The number of amides is 1. The van der Waals surface area contributed by atoms with Crippen LogP contribution in [0.15, 0.2) is 43.0 Å². The number of benzene rings is 1. The van der Waals surface area contributed by atoms with Gasteiger partial charge in [0.2, 0.25) is 5.91 Å². The SMILES string of the molecule is CC(=O)N[C@@H]1CN(Cc2ccc(OCCn3ccnc3)cc2)C[C@H]1C(C)C. The summed E-state index contributed by atoms with van der Waals surface area (Å²) in [6.07, 6.45) is 5.50. The molecule has 1 aliphatic rings. The van der Waals surface area contributed by atoms with Gasteiger partial charge in [-0.1, -0.05) is 26.0 Å². The fraction of sp³-hybridized carbons (Fsp3) is 0.524. The Balaban J connectivity index is 1.49. The summed E-state index contributed by atoms with van der Waals surface area (Å²) in [5.74, 6) is 2.00. The summed E-state index contributed by atoms with van der Waals surface area (Å²) < 4.78 is 7.80. The van der Waals surface area contributed by atoms with Crippen LogP contribution >= 0.6 is 0 Å². The third kappa shape index (κ3) is 5.57. The van der Waals surface area contributed by atoms with Crippen molar-refractivity contribution in [1.29, 1.82) is 0 Å². The number of imidazole rings is 1. The van der Waals surface area contributed by atoms with Gasteiger partial charge in [0.1, 0.15) is 12.4 Å². The van der Waals surface area contributed by atoms with Crippen molar-refractivity contribution in [2.75, 3.05) is 19.7 Å². The zero-order valence-corrected chi connectivity index (χ0v) is 16.5. The molecule has 1 aromatic heterocycles. The van der Waals surface area contributed by atoms with Crippen molar-refractivity contribution in [1.82, 2.24) is 19.8 Å². The lowest BCUT2D eigenvalue weighted by molar-refractivity contribution is -0.119. The van der Waals surface area contributed by atoms with E-state index in [2.05, 4.69) is 41.2 Å². The van der Waals surface area contributed by atoms with E-state index in [1.54, 1.807) is 19.4 Å². The van der Waals surface area contributed by atoms with Crippen LogP contribution in [0.5, 0.6) is 5.75 Å². The normalized spacial score (nSPS) is 20.1. The van der Waals surface area contributed by atoms with Crippen LogP contribution in [0.1, 0.15) is 26.3 Å². The third-order valence-electron chi connectivity index (χ3n) is 5.19. The van der Waals surface area contributed by atoms with Gasteiger partial charge in [0.05, 0.1) is 12.9 Å². The van der Waals surface area contributed by atoms with Crippen LogP contribution in [0.4, 0.5) is 0 Å². The number of likely N-dealkylation sites (tertiary alicyclic amines) is 1. The molecule has 0 unspecified atom stereocenters. The second-order valence-electron chi connectivity index (χ2n) is 7.70. The Kier molecular flexibility index (Phi) is 6.50. The van der Waals surface area contributed by atoms with Gasteiger partial charge in [-0.15, -0.1) is 0 Å². The number of ether oxygens (including phenoxy) is 1. The van der Waals surface area contributed by atoms with Gasteiger partial charge in [0, 0.05) is 45.0 Å². The van der Waals surface area contributed by atoms with Crippen LogP contribution < -0.4 is 10.1 Å². The molecule has 1 fully saturated rings. The minimum Gasteiger partial charge on any atom is -0.492 e. The lowest BCUT2D eigenvalue weighted by Gasteiger charge is -2.22. The molecule has 2 atom stereocenters. The molecule has 0 saturated carbocycles. The van der Waals surface area contributed by atoms with Gasteiger partial charge >= 0.3 is 0 Å². The number of hydrogen-bond donors (Lipinski definition) is 1. The largest absolute Gasteiger partial charge is 0.492 e. The second kappa shape index (κ2) is 9.04. The maximum Gasteiger partial charge on any atom is 0.217 e. The Morgan fingerprint density at radius 1 is 1.30 bits per heavy atom. The molecule has 0 aliphatic carbocycles. The summed E-state index contributed by atoms with van der Waals surface area (Å²) in [5.41, 5.74) is 1.27. The molecular formula is C21H30N4O2. The fourth-order valence-corrected chi connectivity index (χ4v) is 3.77. The Morgan fingerprint density at radius 2 is 2.07 bits per heavy atom. The van der Waals surface area contributed by atoms with E-state index in [1.807, 2.05) is 22.9 Å². The standard InChI is InChI=1S/C21H30N4O2/c1-16(2)20-13-25(14-21(20)23-17(3)26)12-18-4-6-19(7-5-18)27-11-10-24-9-8-22-15-24/h4-9,15-16,20-21H,10-14H2,1-3H3,(H,23,26)/t20-,21+/m0/s1. The summed E-state index contributed by atoms with van der Waals surface area (Å²) >= 11 is 0. The van der Waals surface area contributed by atoms with Gasteiger partial charge in [0.25, 0.3) is 0 Å². The molecule has 1 saturated heterocycles. The number of carbonyl (C=O) groups excluding carboxylic acids is 1. The molecule has 27 heavy (non-hydrogen) atoms. The Labute approximate surface area is 161 Å². The van der Waals surface area contributed by atoms with Crippen LogP contribution in [-0.2, 0) is 17.9 Å². The Hall–Kier alpha value is -2.34. The average molecular weight is 370 g/mol. The van der Waals surface area contributed by atoms with Crippen LogP contribution in [0.2, 0.25) is 0 Å². The molecule has 146 valence electrons. The molecule has 1 aromatic carbocycles. The summed E-state index contributed by atoms with van der Waals surface area (Å²) in [6.45, 7) is 10.3. The highest BCUT2D eigenvalue weighted by Crippen LogP contribution is 2.26. The van der Waals surface area contributed by atoms with Crippen molar-refractivity contribution in [3.8, 4) is 5.75 Å². The summed E-state index contributed by atoms with van der Waals surface area (Å²) in [4.78, 5) is 17.9. The highest BCUT2D eigenvalue weighted by Gasteiger charge is 2.34. The van der Waals surface area contributed by atoms with Crippen LogP contribution in [0.25, 0.3) is 0 Å². The quantitative estimate of drug-likeness (QED) is 0.776. The van der Waals surface area contributed by atoms with E-state index >= 15 is 0 Å². The van der Waals surface area contributed by atoms with E-state index in [9.17, 15) is 4.79 Å². The first-order chi connectivity index (χ1) is 13.0. The van der Waals surface area contributed by atoms with Crippen molar-refractivity contribution >= 4 is 5.91 Å². The number of rotatable bonds is 8. The molecule has 1 aliphatic heterocycles. The van der Waals surface area contributed by atoms with E-state index in [4.69, 9.17) is 4.74 Å². The van der Waals surface area contributed by atoms with Crippen molar-refractivity contribution in [3.05, 3.63) is 48.5 Å². The second-order valence-corrected chi connectivity index (χ2v) is 7.70. The summed E-state index contributed by atoms with van der Waals surface area (Å²) in [6, 6.07) is 8.56. The summed E-state index contributed by atoms with van der Waals surface area (Å²) in [5, 5.41) is 3.13. The molecule has 3 rings (SSSR count). The highest BCUT2D eigenvalue weighted by molar-refractivity contribution is 5.73. The highest BCUT2D eigenvalue weighted by atomic mass is 16.5. The topological polar surface area (TPSA) is 59.4 Å². The first kappa shape index (κ1) is 19.4. The van der Waals surface area contributed by atoms with Crippen molar-refractivity contribution in [2.24, 2.45) is 11.8 Å². The average Bonchev–Trinajstić information content (AvgIpc) is 3.26. The number of aromatic nitrogens is 2. The monoisotopic (exact) mass is 370 g/mol. The van der Waals surface area contributed by atoms with Crippen molar-refractivity contribution < 1.29 is 9.53 Å². The van der Waals surface area contributed by atoms with E-state index in [0.29, 0.717) is 18.4 Å². The minimum absolute atomic E-state index is 0.0599. The third-order valence-corrected chi connectivity index (χ3v) is 5.19. The smallest absolute Gasteiger partial charge is 0.217 e. The van der Waals surface area contributed by atoms with Crippen LogP contribution in [0, 0.1) is 11.8 Å². The first-order valence-electron chi connectivity index (χ1n) is 9.68. The first-order valence-corrected chi connectivity index (χ1v) is 9.68. The van der Waals surface area contributed by atoms with E-state index in [0.717, 1.165) is 31.9 Å². The molecule has 1 amide bonds. The van der Waals surface area contributed by atoms with Gasteiger partial charge in [-0.2, -0.15) is 0 Å². The van der Waals surface area contributed by atoms with Gasteiger partial charge < -0.3 is 14.6 Å². The molecule has 6 nitrogen and oxygen atoms in total. The van der Waals surface area contributed by atoms with E-state index in [1.165, 1.54) is 5.56 Å². The molecule has 0 spiro atoms. The van der Waals surface area contributed by atoms with Crippen LogP contribution in [0.3, 0.4) is 0 Å². The molecule has 6 heteroatoms. The minimum atomic E-state index is 0.0599. The maximum absolute atomic E-state index is 11.5. The lowest BCUT2D eigenvalue weighted by atomic mass is 9.91. The Bertz CT molecular complexity index is 712. The van der Waals surface area contributed by atoms with Crippen molar-refractivity contribution in [3.63, 3.8) is 0 Å². The van der Waals surface area contributed by atoms with E-state index < -0.39 is 0 Å². The molecular weight excluding hydrogens is 340 g/mol. The maximum atomic E-state index is 11.5. The predicted molar refractivity (Wildman–Crippen MR) is 105 cm³/mol. The number of hydrogen-bond acceptors (Lipinski definition) is 4. The van der Waals surface area contributed by atoms with Crippen LogP contribution in [-0.4, -0.2) is 46.1 Å².